The first-order valence-electron chi connectivity index (χ1n) is 14.5. The van der Waals surface area contributed by atoms with E-state index in [0.29, 0.717) is 37.1 Å². The highest BCUT2D eigenvalue weighted by Gasteiger charge is 2.41. The highest BCUT2D eigenvalue weighted by atomic mass is 19.4. The maximum Gasteiger partial charge on any atom is 0.416 e. The van der Waals surface area contributed by atoms with Gasteiger partial charge in [-0.05, 0) is 71.6 Å². The second kappa shape index (κ2) is 13.3. The Hall–Kier alpha value is -4.70. The molecule has 1 saturated heterocycles. The summed E-state index contributed by atoms with van der Waals surface area (Å²) in [7, 11) is 0. The number of halogens is 3. The van der Waals surface area contributed by atoms with Crippen LogP contribution in [0, 0.1) is 0 Å². The molecule has 44 heavy (non-hydrogen) atoms. The predicted molar refractivity (Wildman–Crippen MR) is 163 cm³/mol. The smallest absolute Gasteiger partial charge is 0.354 e. The number of alkyl halides is 3. The van der Waals surface area contributed by atoms with E-state index in [9.17, 15) is 27.6 Å². The van der Waals surface area contributed by atoms with Crippen molar-refractivity contribution < 1.29 is 27.6 Å². The fourth-order valence-corrected chi connectivity index (χ4v) is 5.55. The Morgan fingerprint density at radius 2 is 1.43 bits per heavy atom. The first-order chi connectivity index (χ1) is 21.2. The molecule has 10 heteroatoms. The fraction of sp³-hybridized carbons (Fsp3) is 0.265. The summed E-state index contributed by atoms with van der Waals surface area (Å²) in [6.45, 7) is 1.41. The third kappa shape index (κ3) is 7.08. The zero-order valence-electron chi connectivity index (χ0n) is 24.0. The van der Waals surface area contributed by atoms with E-state index < -0.39 is 23.2 Å². The Kier molecular flexibility index (Phi) is 9.29. The Bertz CT molecular complexity index is 1640. The van der Waals surface area contributed by atoms with Crippen molar-refractivity contribution in [2.75, 3.05) is 26.2 Å². The van der Waals surface area contributed by atoms with Gasteiger partial charge in [0.25, 0.3) is 5.91 Å². The summed E-state index contributed by atoms with van der Waals surface area (Å²) in [5.41, 5.74) is 0.0983. The molecule has 0 aliphatic carbocycles. The van der Waals surface area contributed by atoms with Crippen LogP contribution < -0.4 is 21.3 Å². The van der Waals surface area contributed by atoms with Gasteiger partial charge in [-0.25, -0.2) is 0 Å². The second-order valence-corrected chi connectivity index (χ2v) is 10.8. The monoisotopic (exact) mass is 602 g/mol. The van der Waals surface area contributed by atoms with Crippen LogP contribution in [0.3, 0.4) is 0 Å². The van der Waals surface area contributed by atoms with Crippen LogP contribution in [0.1, 0.15) is 34.3 Å². The maximum absolute atomic E-state index is 13.6. The number of hydrogen-bond acceptors (Lipinski definition) is 4. The molecule has 228 valence electrons. The Morgan fingerprint density at radius 1 is 0.773 bits per heavy atom. The lowest BCUT2D eigenvalue weighted by Crippen LogP contribution is -2.63. The van der Waals surface area contributed by atoms with E-state index in [1.54, 1.807) is 24.3 Å². The SMILES string of the molecule is O=C(Cc1cccc2ccccc12)NCCNC(=O)C1(NC(=O)c2ccccc2-c2ccc(C(F)(F)F)cc2)CCNCC1. The molecule has 4 aromatic carbocycles. The zero-order chi connectivity index (χ0) is 31.2. The number of rotatable bonds is 9. The first-order valence-corrected chi connectivity index (χ1v) is 14.5. The van der Waals surface area contributed by atoms with Gasteiger partial charge in [0, 0.05) is 18.7 Å². The Morgan fingerprint density at radius 3 is 2.18 bits per heavy atom. The van der Waals surface area contributed by atoms with Crippen molar-refractivity contribution in [2.45, 2.75) is 31.0 Å². The molecule has 0 saturated carbocycles. The van der Waals surface area contributed by atoms with Crippen LogP contribution in [0.2, 0.25) is 0 Å². The lowest BCUT2D eigenvalue weighted by molar-refractivity contribution is -0.137. The summed E-state index contributed by atoms with van der Waals surface area (Å²) in [5, 5.41) is 13.9. The van der Waals surface area contributed by atoms with Crippen LogP contribution in [0.15, 0.2) is 91.0 Å². The molecule has 1 aliphatic rings. The molecular formula is C34H33F3N4O3. The molecule has 0 atom stereocenters. The number of nitrogens with one attached hydrogen (secondary N) is 4. The van der Waals surface area contributed by atoms with Crippen molar-refractivity contribution in [3.05, 3.63) is 108 Å². The minimum atomic E-state index is -4.47. The molecule has 0 aromatic heterocycles. The predicted octanol–water partition coefficient (Wildman–Crippen LogP) is 4.85. The zero-order valence-corrected chi connectivity index (χ0v) is 24.0. The lowest BCUT2D eigenvalue weighted by atomic mass is 9.86. The van der Waals surface area contributed by atoms with Crippen molar-refractivity contribution >= 4 is 28.5 Å². The van der Waals surface area contributed by atoms with E-state index in [2.05, 4.69) is 21.3 Å². The van der Waals surface area contributed by atoms with Crippen molar-refractivity contribution in [3.8, 4) is 11.1 Å². The fourth-order valence-electron chi connectivity index (χ4n) is 5.55. The molecule has 0 spiro atoms. The number of amides is 3. The van der Waals surface area contributed by atoms with Gasteiger partial charge in [0.05, 0.1) is 12.0 Å². The van der Waals surface area contributed by atoms with E-state index in [-0.39, 0.29) is 36.9 Å². The summed E-state index contributed by atoms with van der Waals surface area (Å²) in [4.78, 5) is 39.7. The molecule has 0 unspecified atom stereocenters. The number of carbonyl (C=O) groups excluding carboxylic acids is 3. The van der Waals surface area contributed by atoms with Crippen LogP contribution in [-0.2, 0) is 22.2 Å². The van der Waals surface area contributed by atoms with Gasteiger partial charge < -0.3 is 21.3 Å². The van der Waals surface area contributed by atoms with Crippen LogP contribution in [0.25, 0.3) is 21.9 Å². The summed E-state index contributed by atoms with van der Waals surface area (Å²) in [6, 6.07) is 24.9. The van der Waals surface area contributed by atoms with Gasteiger partial charge in [-0.1, -0.05) is 72.8 Å². The normalized spacial score (nSPS) is 14.5. The number of hydrogen-bond donors (Lipinski definition) is 4. The highest BCUT2D eigenvalue weighted by Crippen LogP contribution is 2.32. The molecule has 1 fully saturated rings. The van der Waals surface area contributed by atoms with Gasteiger partial charge >= 0.3 is 6.18 Å². The van der Waals surface area contributed by atoms with E-state index in [0.717, 1.165) is 28.5 Å². The van der Waals surface area contributed by atoms with Crippen molar-refractivity contribution in [3.63, 3.8) is 0 Å². The van der Waals surface area contributed by atoms with Crippen LogP contribution >= 0.6 is 0 Å². The summed E-state index contributed by atoms with van der Waals surface area (Å²) in [6.07, 6.45) is -3.57. The maximum atomic E-state index is 13.6. The molecule has 0 radical (unpaired) electrons. The minimum absolute atomic E-state index is 0.166. The minimum Gasteiger partial charge on any atom is -0.354 e. The van der Waals surface area contributed by atoms with E-state index >= 15 is 0 Å². The van der Waals surface area contributed by atoms with Crippen molar-refractivity contribution in [1.82, 2.24) is 21.3 Å². The van der Waals surface area contributed by atoms with Gasteiger partial charge in [-0.2, -0.15) is 13.2 Å². The second-order valence-electron chi connectivity index (χ2n) is 10.8. The van der Waals surface area contributed by atoms with Gasteiger partial charge in [0.2, 0.25) is 11.8 Å². The van der Waals surface area contributed by atoms with E-state index in [1.165, 1.54) is 12.1 Å². The highest BCUT2D eigenvalue weighted by molar-refractivity contribution is 6.04. The first kappa shape index (κ1) is 30.7. The van der Waals surface area contributed by atoms with Crippen molar-refractivity contribution in [1.29, 1.82) is 0 Å². The lowest BCUT2D eigenvalue weighted by Gasteiger charge is -2.37. The number of piperidine rings is 1. The van der Waals surface area contributed by atoms with Gasteiger partial charge in [0.1, 0.15) is 5.54 Å². The van der Waals surface area contributed by atoms with Crippen LogP contribution in [-0.4, -0.2) is 49.4 Å². The van der Waals surface area contributed by atoms with Crippen LogP contribution in [0.5, 0.6) is 0 Å². The number of benzene rings is 4. The van der Waals surface area contributed by atoms with Gasteiger partial charge in [0.15, 0.2) is 0 Å². The van der Waals surface area contributed by atoms with E-state index in [1.807, 2.05) is 42.5 Å². The molecule has 4 aromatic rings. The molecule has 4 N–H and O–H groups in total. The van der Waals surface area contributed by atoms with Crippen LogP contribution in [0.4, 0.5) is 13.2 Å². The molecule has 1 heterocycles. The summed E-state index contributed by atoms with van der Waals surface area (Å²) >= 11 is 0. The largest absolute Gasteiger partial charge is 0.416 e. The number of fused-ring (bicyclic) bond motifs is 1. The molecule has 7 nitrogen and oxygen atoms in total. The standard InChI is InChI=1S/C34H33F3N4O3/c35-34(36,37)26-14-12-24(13-15-26)28-10-3-4-11-29(28)31(43)41-33(16-18-38-19-17-33)32(44)40-21-20-39-30(42)22-25-8-5-7-23-6-1-2-9-27(23)25/h1-15,38H,16-22H2,(H,39,42)(H,40,44)(H,41,43). The molecule has 1 aliphatic heterocycles. The quantitative estimate of drug-likeness (QED) is 0.206. The summed E-state index contributed by atoms with van der Waals surface area (Å²) < 4.78 is 39.2. The topological polar surface area (TPSA) is 99.3 Å². The Labute approximate surface area is 253 Å². The van der Waals surface area contributed by atoms with Gasteiger partial charge in [-0.3, -0.25) is 14.4 Å². The average Bonchev–Trinajstić information content (AvgIpc) is 3.03. The molecule has 5 rings (SSSR count). The summed E-state index contributed by atoms with van der Waals surface area (Å²) in [5.74, 6) is -1.02. The molecular weight excluding hydrogens is 569 g/mol. The van der Waals surface area contributed by atoms with E-state index in [4.69, 9.17) is 0 Å². The third-order valence-corrected chi connectivity index (χ3v) is 7.90. The Balaban J connectivity index is 1.22. The molecule has 0 bridgehead atoms. The average molecular weight is 603 g/mol. The molecule has 3 amide bonds. The number of carbonyl (C=O) groups is 3. The van der Waals surface area contributed by atoms with Crippen molar-refractivity contribution in [2.24, 2.45) is 0 Å². The van der Waals surface area contributed by atoms with Gasteiger partial charge in [-0.15, -0.1) is 0 Å². The third-order valence-electron chi connectivity index (χ3n) is 7.90.